The minimum absolute atomic E-state index is 0.0728. The second-order valence-electron chi connectivity index (χ2n) is 4.82. The van der Waals surface area contributed by atoms with Gasteiger partial charge < -0.3 is 9.84 Å². The lowest BCUT2D eigenvalue weighted by atomic mass is 10.2. The van der Waals surface area contributed by atoms with Crippen molar-refractivity contribution in [3.05, 3.63) is 46.8 Å². The smallest absolute Gasteiger partial charge is 0.246 e. The van der Waals surface area contributed by atoms with E-state index in [4.69, 9.17) is 16.1 Å². The van der Waals surface area contributed by atoms with Gasteiger partial charge in [-0.25, -0.2) is 0 Å². The number of carbonyl (C=O) groups excluding carboxylic acids is 1. The van der Waals surface area contributed by atoms with E-state index in [1.807, 2.05) is 25.1 Å². The largest absolute Gasteiger partial charge is 0.352 e. The maximum Gasteiger partial charge on any atom is 0.246 e. The molecule has 0 aliphatic carbocycles. The van der Waals surface area contributed by atoms with Crippen molar-refractivity contribution in [2.24, 2.45) is 0 Å². The second kappa shape index (κ2) is 7.75. The van der Waals surface area contributed by atoms with Crippen LogP contribution in [0.5, 0.6) is 0 Å². The van der Waals surface area contributed by atoms with Gasteiger partial charge in [-0.2, -0.15) is 4.98 Å². The minimum atomic E-state index is -0.0728. The van der Waals surface area contributed by atoms with E-state index in [1.165, 1.54) is 0 Å². The number of carbonyl (C=O) groups is 1. The Kier molecular flexibility index (Phi) is 5.72. The van der Waals surface area contributed by atoms with Crippen molar-refractivity contribution in [2.75, 3.05) is 6.54 Å². The molecule has 6 heteroatoms. The van der Waals surface area contributed by atoms with E-state index in [0.717, 1.165) is 12.0 Å². The van der Waals surface area contributed by atoms with E-state index < -0.39 is 0 Å². The summed E-state index contributed by atoms with van der Waals surface area (Å²) in [5.74, 6) is 0.898. The van der Waals surface area contributed by atoms with Crippen molar-refractivity contribution in [3.63, 3.8) is 0 Å². The quantitative estimate of drug-likeness (QED) is 0.828. The maximum atomic E-state index is 11.7. The first kappa shape index (κ1) is 16.2. The Labute approximate surface area is 134 Å². The molecule has 0 spiro atoms. The Morgan fingerprint density at radius 3 is 3.00 bits per heavy atom. The Balaban J connectivity index is 1.90. The van der Waals surface area contributed by atoms with Crippen LogP contribution in [0.15, 0.2) is 40.4 Å². The van der Waals surface area contributed by atoms with Gasteiger partial charge in [-0.1, -0.05) is 41.9 Å². The molecule has 116 valence electrons. The summed E-state index contributed by atoms with van der Waals surface area (Å²) in [5.41, 5.74) is 1.51. The molecule has 0 aliphatic heterocycles. The van der Waals surface area contributed by atoms with Crippen molar-refractivity contribution in [3.8, 4) is 11.4 Å². The molecule has 0 fully saturated rings. The van der Waals surface area contributed by atoms with Crippen molar-refractivity contribution >= 4 is 17.5 Å². The van der Waals surface area contributed by atoms with Gasteiger partial charge in [-0.3, -0.25) is 4.79 Å². The number of hydrogen-bond donors (Lipinski definition) is 1. The van der Waals surface area contributed by atoms with Gasteiger partial charge in [0.1, 0.15) is 0 Å². The van der Waals surface area contributed by atoms with Crippen LogP contribution < -0.4 is 5.32 Å². The van der Waals surface area contributed by atoms with Gasteiger partial charge in [0.15, 0.2) is 0 Å². The number of hydrogen-bond acceptors (Lipinski definition) is 4. The number of nitrogens with one attached hydrogen (secondary N) is 1. The highest BCUT2D eigenvalue weighted by Crippen LogP contribution is 2.19. The Bertz CT molecular complexity index is 680. The van der Waals surface area contributed by atoms with Gasteiger partial charge in [-0.15, -0.1) is 0 Å². The first-order valence-corrected chi connectivity index (χ1v) is 7.51. The average molecular weight is 320 g/mol. The van der Waals surface area contributed by atoms with Crippen LogP contribution in [0.3, 0.4) is 0 Å². The Hall–Kier alpha value is -2.14. The SMILES string of the molecule is CC/C=C(/C)C(=O)NCCc1nc(-c2cccc(Cl)c2)no1. The van der Waals surface area contributed by atoms with Gasteiger partial charge in [0.05, 0.1) is 0 Å². The monoisotopic (exact) mass is 319 g/mol. The molecule has 1 amide bonds. The molecule has 1 aromatic carbocycles. The predicted molar refractivity (Wildman–Crippen MR) is 85.5 cm³/mol. The molecule has 1 N–H and O–H groups in total. The van der Waals surface area contributed by atoms with Gasteiger partial charge in [-0.05, 0) is 25.5 Å². The molecule has 0 saturated carbocycles. The number of allylic oxidation sites excluding steroid dienone is 1. The summed E-state index contributed by atoms with van der Waals surface area (Å²) in [5, 5.41) is 7.36. The molecular formula is C16H18ClN3O2. The zero-order chi connectivity index (χ0) is 15.9. The van der Waals surface area contributed by atoms with Crippen LogP contribution in [-0.4, -0.2) is 22.6 Å². The fraction of sp³-hybridized carbons (Fsp3) is 0.312. The average Bonchev–Trinajstić information content (AvgIpc) is 2.96. The standard InChI is InChI=1S/C16H18ClN3O2/c1-3-5-11(2)16(21)18-9-8-14-19-15(20-22-14)12-6-4-7-13(17)10-12/h4-7,10H,3,8-9H2,1-2H3,(H,18,21)/b11-5-. The summed E-state index contributed by atoms with van der Waals surface area (Å²) in [6, 6.07) is 7.25. The summed E-state index contributed by atoms with van der Waals surface area (Å²) in [6.45, 7) is 4.24. The highest BCUT2D eigenvalue weighted by Gasteiger charge is 2.09. The predicted octanol–water partition coefficient (Wildman–Crippen LogP) is 3.41. The van der Waals surface area contributed by atoms with Crippen LogP contribution in [-0.2, 0) is 11.2 Å². The summed E-state index contributed by atoms with van der Waals surface area (Å²) >= 11 is 5.94. The van der Waals surface area contributed by atoms with Crippen molar-refractivity contribution in [1.29, 1.82) is 0 Å². The minimum Gasteiger partial charge on any atom is -0.352 e. The third-order valence-electron chi connectivity index (χ3n) is 3.04. The third-order valence-corrected chi connectivity index (χ3v) is 3.28. The highest BCUT2D eigenvalue weighted by atomic mass is 35.5. The molecule has 0 atom stereocenters. The van der Waals surface area contributed by atoms with Gasteiger partial charge in [0, 0.05) is 29.1 Å². The van der Waals surface area contributed by atoms with E-state index in [-0.39, 0.29) is 5.91 Å². The molecule has 0 aliphatic rings. The first-order valence-electron chi connectivity index (χ1n) is 7.13. The van der Waals surface area contributed by atoms with Crippen LogP contribution >= 0.6 is 11.6 Å². The number of aromatic nitrogens is 2. The molecule has 1 heterocycles. The van der Waals surface area contributed by atoms with Crippen molar-refractivity contribution in [2.45, 2.75) is 26.7 Å². The molecule has 5 nitrogen and oxygen atoms in total. The Morgan fingerprint density at radius 2 is 2.27 bits per heavy atom. The molecule has 0 bridgehead atoms. The third kappa shape index (κ3) is 4.43. The molecule has 2 aromatic rings. The summed E-state index contributed by atoms with van der Waals surface area (Å²) in [7, 11) is 0. The number of benzene rings is 1. The lowest BCUT2D eigenvalue weighted by Crippen LogP contribution is -2.26. The zero-order valence-electron chi connectivity index (χ0n) is 12.6. The van der Waals surface area contributed by atoms with Gasteiger partial charge in [0.2, 0.25) is 17.6 Å². The van der Waals surface area contributed by atoms with E-state index in [9.17, 15) is 4.79 Å². The van der Waals surface area contributed by atoms with E-state index in [2.05, 4.69) is 15.5 Å². The summed E-state index contributed by atoms with van der Waals surface area (Å²) in [4.78, 5) is 16.0. The van der Waals surface area contributed by atoms with Crippen LogP contribution in [0.25, 0.3) is 11.4 Å². The number of amides is 1. The topological polar surface area (TPSA) is 68.0 Å². The first-order chi connectivity index (χ1) is 10.6. The number of halogens is 1. The van der Waals surface area contributed by atoms with Gasteiger partial charge >= 0.3 is 0 Å². The lowest BCUT2D eigenvalue weighted by molar-refractivity contribution is -0.117. The highest BCUT2D eigenvalue weighted by molar-refractivity contribution is 6.30. The summed E-state index contributed by atoms with van der Waals surface area (Å²) < 4.78 is 5.18. The molecule has 2 rings (SSSR count). The van der Waals surface area contributed by atoms with Crippen LogP contribution in [0.4, 0.5) is 0 Å². The summed E-state index contributed by atoms with van der Waals surface area (Å²) in [6.07, 6.45) is 3.21. The van der Waals surface area contributed by atoms with Crippen LogP contribution in [0, 0.1) is 0 Å². The molecular weight excluding hydrogens is 302 g/mol. The second-order valence-corrected chi connectivity index (χ2v) is 5.26. The Morgan fingerprint density at radius 1 is 1.45 bits per heavy atom. The normalized spacial score (nSPS) is 11.5. The maximum absolute atomic E-state index is 11.7. The van der Waals surface area contributed by atoms with E-state index in [0.29, 0.717) is 35.3 Å². The molecule has 22 heavy (non-hydrogen) atoms. The van der Waals surface area contributed by atoms with Crippen LogP contribution in [0.2, 0.25) is 5.02 Å². The fourth-order valence-electron chi connectivity index (χ4n) is 1.92. The molecule has 0 unspecified atom stereocenters. The van der Waals surface area contributed by atoms with Gasteiger partial charge in [0.25, 0.3) is 0 Å². The van der Waals surface area contributed by atoms with E-state index in [1.54, 1.807) is 19.1 Å². The molecule has 0 radical (unpaired) electrons. The van der Waals surface area contributed by atoms with Crippen molar-refractivity contribution < 1.29 is 9.32 Å². The van der Waals surface area contributed by atoms with Crippen LogP contribution in [0.1, 0.15) is 26.2 Å². The molecule has 0 saturated heterocycles. The van der Waals surface area contributed by atoms with E-state index >= 15 is 0 Å². The number of nitrogens with zero attached hydrogens (tertiary/aromatic N) is 2. The lowest BCUT2D eigenvalue weighted by Gasteiger charge is -2.02. The zero-order valence-corrected chi connectivity index (χ0v) is 13.4. The van der Waals surface area contributed by atoms with Crippen molar-refractivity contribution in [1.82, 2.24) is 15.5 Å². The fourth-order valence-corrected chi connectivity index (χ4v) is 2.11. The number of rotatable bonds is 6. The molecule has 1 aromatic heterocycles.